The van der Waals surface area contributed by atoms with Gasteiger partial charge in [0, 0.05) is 12.1 Å². The van der Waals surface area contributed by atoms with Gasteiger partial charge in [0.25, 0.3) is 5.91 Å². The molecule has 0 spiro atoms. The summed E-state index contributed by atoms with van der Waals surface area (Å²) in [5, 5.41) is 0. The van der Waals surface area contributed by atoms with Gasteiger partial charge < -0.3 is 19.1 Å². The average molecular weight is 369 g/mol. The maximum Gasteiger partial charge on any atom is 0.338 e. The summed E-state index contributed by atoms with van der Waals surface area (Å²) in [5.41, 5.74) is 0.929. The van der Waals surface area contributed by atoms with Crippen LogP contribution < -0.4 is 9.47 Å². The van der Waals surface area contributed by atoms with Gasteiger partial charge in [0.15, 0.2) is 18.1 Å². The van der Waals surface area contributed by atoms with Crippen LogP contribution >= 0.6 is 0 Å². The molecule has 27 heavy (non-hydrogen) atoms. The standard InChI is InChI=1S/C21H23NO5/c1-21(2,3)22(12-15-7-5-4-6-8-15)19(23)13-25-20(24)16-9-10-17-18(11-16)27-14-26-17/h4-11H,12-14H2,1-3H3. The normalized spacial score (nSPS) is 12.6. The van der Waals surface area contributed by atoms with E-state index in [9.17, 15) is 9.59 Å². The number of carbonyl (C=O) groups is 2. The van der Waals surface area contributed by atoms with E-state index in [4.69, 9.17) is 14.2 Å². The largest absolute Gasteiger partial charge is 0.454 e. The number of benzene rings is 2. The number of hydrogen-bond acceptors (Lipinski definition) is 5. The van der Waals surface area contributed by atoms with Crippen LogP contribution in [0.4, 0.5) is 0 Å². The Morgan fingerprint density at radius 3 is 2.44 bits per heavy atom. The lowest BCUT2D eigenvalue weighted by molar-refractivity contribution is -0.140. The first-order chi connectivity index (χ1) is 12.8. The summed E-state index contributed by atoms with van der Waals surface area (Å²) in [6.45, 7) is 6.11. The molecule has 0 bridgehead atoms. The minimum absolute atomic E-state index is 0.131. The van der Waals surface area contributed by atoms with Crippen LogP contribution in [0.25, 0.3) is 0 Å². The molecule has 6 nitrogen and oxygen atoms in total. The Morgan fingerprint density at radius 2 is 1.74 bits per heavy atom. The van der Waals surface area contributed by atoms with Gasteiger partial charge >= 0.3 is 5.97 Å². The van der Waals surface area contributed by atoms with Crippen LogP contribution in [0.1, 0.15) is 36.7 Å². The van der Waals surface area contributed by atoms with E-state index in [0.717, 1.165) is 5.56 Å². The number of fused-ring (bicyclic) bond motifs is 1. The molecule has 142 valence electrons. The van der Waals surface area contributed by atoms with Gasteiger partial charge in [0.1, 0.15) is 0 Å². The molecule has 2 aromatic carbocycles. The maximum absolute atomic E-state index is 12.7. The fourth-order valence-corrected chi connectivity index (χ4v) is 2.78. The molecule has 1 aliphatic heterocycles. The van der Waals surface area contributed by atoms with Crippen LogP contribution in [0.2, 0.25) is 0 Å². The third-order valence-electron chi connectivity index (χ3n) is 4.23. The van der Waals surface area contributed by atoms with Crippen LogP contribution in [0.5, 0.6) is 11.5 Å². The molecule has 0 saturated heterocycles. The summed E-state index contributed by atoms with van der Waals surface area (Å²) >= 11 is 0. The first-order valence-electron chi connectivity index (χ1n) is 8.76. The van der Waals surface area contributed by atoms with Crippen molar-refractivity contribution in [1.82, 2.24) is 4.90 Å². The molecule has 1 aliphatic rings. The maximum atomic E-state index is 12.7. The van der Waals surface area contributed by atoms with Gasteiger partial charge in [-0.1, -0.05) is 30.3 Å². The Balaban J connectivity index is 1.64. The number of carbonyl (C=O) groups excluding carboxylic acids is 2. The minimum atomic E-state index is -0.574. The van der Waals surface area contributed by atoms with Crippen molar-refractivity contribution in [3.8, 4) is 11.5 Å². The van der Waals surface area contributed by atoms with E-state index in [0.29, 0.717) is 23.6 Å². The van der Waals surface area contributed by atoms with E-state index >= 15 is 0 Å². The van der Waals surface area contributed by atoms with Gasteiger partial charge in [-0.25, -0.2) is 4.79 Å². The molecule has 6 heteroatoms. The van der Waals surface area contributed by atoms with Crippen molar-refractivity contribution < 1.29 is 23.8 Å². The van der Waals surface area contributed by atoms with Crippen molar-refractivity contribution in [3.63, 3.8) is 0 Å². The number of amides is 1. The Morgan fingerprint density at radius 1 is 1.04 bits per heavy atom. The van der Waals surface area contributed by atoms with Gasteiger partial charge in [-0.3, -0.25) is 4.79 Å². The zero-order chi connectivity index (χ0) is 19.4. The highest BCUT2D eigenvalue weighted by Gasteiger charge is 2.27. The fourth-order valence-electron chi connectivity index (χ4n) is 2.78. The third-order valence-corrected chi connectivity index (χ3v) is 4.23. The summed E-state index contributed by atoms with van der Waals surface area (Å²) < 4.78 is 15.7. The van der Waals surface area contributed by atoms with Crippen LogP contribution in [0, 0.1) is 0 Å². The van der Waals surface area contributed by atoms with E-state index in [2.05, 4.69) is 0 Å². The second-order valence-corrected chi connectivity index (χ2v) is 7.28. The Labute approximate surface area is 158 Å². The SMILES string of the molecule is CC(C)(C)N(Cc1ccccc1)C(=O)COC(=O)c1ccc2c(c1)OCO2. The third kappa shape index (κ3) is 4.58. The second kappa shape index (κ2) is 7.70. The number of esters is 1. The first kappa shape index (κ1) is 18.8. The van der Waals surface area contributed by atoms with Crippen molar-refractivity contribution >= 4 is 11.9 Å². The average Bonchev–Trinajstić information content (AvgIpc) is 3.11. The predicted molar refractivity (Wildman–Crippen MR) is 99.6 cm³/mol. The smallest absolute Gasteiger partial charge is 0.338 e. The molecule has 0 saturated carbocycles. The van der Waals surface area contributed by atoms with Gasteiger partial charge in [-0.05, 0) is 44.5 Å². The van der Waals surface area contributed by atoms with Gasteiger partial charge in [-0.15, -0.1) is 0 Å². The Bertz CT molecular complexity index is 826. The lowest BCUT2D eigenvalue weighted by Crippen LogP contribution is -2.46. The lowest BCUT2D eigenvalue weighted by Gasteiger charge is -2.35. The summed E-state index contributed by atoms with van der Waals surface area (Å²) in [6.07, 6.45) is 0. The lowest BCUT2D eigenvalue weighted by atomic mass is 10.0. The van der Waals surface area contributed by atoms with E-state index < -0.39 is 11.5 Å². The van der Waals surface area contributed by atoms with Crippen LogP contribution in [-0.4, -0.2) is 35.7 Å². The molecule has 2 aromatic rings. The van der Waals surface area contributed by atoms with Crippen LogP contribution in [0.3, 0.4) is 0 Å². The molecule has 1 amide bonds. The monoisotopic (exact) mass is 369 g/mol. The van der Waals surface area contributed by atoms with Gasteiger partial charge in [0.05, 0.1) is 5.56 Å². The van der Waals surface area contributed by atoms with E-state index in [1.165, 1.54) is 0 Å². The van der Waals surface area contributed by atoms with Crippen molar-refractivity contribution in [2.45, 2.75) is 32.9 Å². The summed E-state index contributed by atoms with van der Waals surface area (Å²) in [4.78, 5) is 26.7. The molecule has 0 unspecified atom stereocenters. The highest BCUT2D eigenvalue weighted by atomic mass is 16.7. The zero-order valence-corrected chi connectivity index (χ0v) is 15.7. The summed E-state index contributed by atoms with van der Waals surface area (Å²) in [5.74, 6) is 0.260. The quantitative estimate of drug-likeness (QED) is 0.756. The molecule has 0 aliphatic carbocycles. The Hall–Kier alpha value is -3.02. The molecule has 1 heterocycles. The second-order valence-electron chi connectivity index (χ2n) is 7.28. The van der Waals surface area contributed by atoms with Crippen molar-refractivity contribution in [1.29, 1.82) is 0 Å². The van der Waals surface area contributed by atoms with Crippen LogP contribution in [0.15, 0.2) is 48.5 Å². The first-order valence-corrected chi connectivity index (χ1v) is 8.76. The molecular formula is C21H23NO5. The highest BCUT2D eigenvalue weighted by molar-refractivity contribution is 5.92. The highest BCUT2D eigenvalue weighted by Crippen LogP contribution is 2.32. The molecule has 0 atom stereocenters. The van der Waals surface area contributed by atoms with E-state index in [1.807, 2.05) is 51.1 Å². The number of ether oxygens (including phenoxy) is 3. The van der Waals surface area contributed by atoms with E-state index in [-0.39, 0.29) is 19.3 Å². The summed E-state index contributed by atoms with van der Waals surface area (Å²) in [7, 11) is 0. The summed E-state index contributed by atoms with van der Waals surface area (Å²) in [6, 6.07) is 14.5. The zero-order valence-electron chi connectivity index (χ0n) is 15.7. The molecular weight excluding hydrogens is 346 g/mol. The van der Waals surface area contributed by atoms with Crippen molar-refractivity contribution in [2.24, 2.45) is 0 Å². The van der Waals surface area contributed by atoms with Crippen molar-refractivity contribution in [2.75, 3.05) is 13.4 Å². The molecule has 0 N–H and O–H groups in total. The number of hydrogen-bond donors (Lipinski definition) is 0. The molecule has 0 aromatic heterocycles. The molecule has 3 rings (SSSR count). The fraction of sp³-hybridized carbons (Fsp3) is 0.333. The Kier molecular flexibility index (Phi) is 5.35. The molecule has 0 fully saturated rings. The van der Waals surface area contributed by atoms with Gasteiger partial charge in [0.2, 0.25) is 6.79 Å². The predicted octanol–water partition coefficient (Wildman–Crippen LogP) is 3.40. The van der Waals surface area contributed by atoms with E-state index in [1.54, 1.807) is 23.1 Å². The number of rotatable bonds is 5. The van der Waals surface area contributed by atoms with Crippen molar-refractivity contribution in [3.05, 3.63) is 59.7 Å². The topological polar surface area (TPSA) is 65.1 Å². The molecule has 0 radical (unpaired) electrons. The number of nitrogens with zero attached hydrogens (tertiary/aromatic N) is 1. The van der Waals surface area contributed by atoms with Crippen LogP contribution in [-0.2, 0) is 16.1 Å². The minimum Gasteiger partial charge on any atom is -0.454 e. The van der Waals surface area contributed by atoms with Gasteiger partial charge in [-0.2, -0.15) is 0 Å².